The summed E-state index contributed by atoms with van der Waals surface area (Å²) in [7, 11) is 0. The third kappa shape index (κ3) is 3.86. The van der Waals surface area contributed by atoms with Crippen LogP contribution in [-0.4, -0.2) is 13.1 Å². The normalized spacial score (nSPS) is 10.6. The number of hydrogen-bond acceptors (Lipinski definition) is 3. The highest BCUT2D eigenvalue weighted by Crippen LogP contribution is 2.20. The smallest absolute Gasteiger partial charge is 0.117 e. The molecule has 2 aromatic rings. The zero-order valence-electron chi connectivity index (χ0n) is 11.7. The van der Waals surface area contributed by atoms with Crippen molar-refractivity contribution in [1.29, 1.82) is 0 Å². The van der Waals surface area contributed by atoms with Crippen molar-refractivity contribution in [2.45, 2.75) is 26.8 Å². The zero-order chi connectivity index (χ0) is 13.5. The van der Waals surface area contributed by atoms with Crippen LogP contribution in [0.25, 0.3) is 0 Å². The minimum Gasteiger partial charge on any atom is -0.468 e. The van der Waals surface area contributed by atoms with Crippen molar-refractivity contribution in [3.8, 4) is 0 Å². The summed E-state index contributed by atoms with van der Waals surface area (Å²) in [5.41, 5.74) is 3.97. The number of aryl methyl sites for hydroxylation is 2. The predicted octanol–water partition coefficient (Wildman–Crippen LogP) is 3.35. The summed E-state index contributed by atoms with van der Waals surface area (Å²) in [6, 6.07) is 10.4. The quantitative estimate of drug-likeness (QED) is 0.748. The van der Waals surface area contributed by atoms with E-state index in [-0.39, 0.29) is 0 Å². The molecule has 1 aromatic carbocycles. The monoisotopic (exact) mass is 258 g/mol. The predicted molar refractivity (Wildman–Crippen MR) is 79.5 cm³/mol. The van der Waals surface area contributed by atoms with Gasteiger partial charge in [-0.1, -0.05) is 25.1 Å². The van der Waals surface area contributed by atoms with E-state index in [9.17, 15) is 0 Å². The Morgan fingerprint density at radius 3 is 2.74 bits per heavy atom. The van der Waals surface area contributed by atoms with E-state index in [1.54, 1.807) is 6.26 Å². The number of anilines is 1. The Bertz CT molecular complexity index is 491. The molecule has 102 valence electrons. The van der Waals surface area contributed by atoms with Crippen molar-refractivity contribution in [2.24, 2.45) is 0 Å². The van der Waals surface area contributed by atoms with Gasteiger partial charge in [-0.05, 0) is 36.6 Å². The highest BCUT2D eigenvalue weighted by molar-refractivity contribution is 5.57. The first kappa shape index (κ1) is 13.7. The fraction of sp³-hybridized carbons (Fsp3) is 0.375. The first-order chi connectivity index (χ1) is 9.31. The highest BCUT2D eigenvalue weighted by atomic mass is 16.3. The highest BCUT2D eigenvalue weighted by Gasteiger charge is 2.02. The van der Waals surface area contributed by atoms with Gasteiger partial charge in [0, 0.05) is 18.8 Å². The Morgan fingerprint density at radius 2 is 2.00 bits per heavy atom. The van der Waals surface area contributed by atoms with Crippen LogP contribution >= 0.6 is 0 Å². The molecule has 19 heavy (non-hydrogen) atoms. The van der Waals surface area contributed by atoms with Crippen LogP contribution in [-0.2, 0) is 13.0 Å². The second-order valence-electron chi connectivity index (χ2n) is 4.65. The van der Waals surface area contributed by atoms with Gasteiger partial charge in [-0.2, -0.15) is 0 Å². The third-order valence-electron chi connectivity index (χ3n) is 3.22. The van der Waals surface area contributed by atoms with Crippen LogP contribution < -0.4 is 10.6 Å². The molecule has 0 radical (unpaired) electrons. The SMILES string of the molecule is CCc1cccc(C)c1NCCNCc1ccco1. The van der Waals surface area contributed by atoms with Crippen molar-refractivity contribution in [3.05, 3.63) is 53.5 Å². The summed E-state index contributed by atoms with van der Waals surface area (Å²) in [4.78, 5) is 0. The fourth-order valence-corrected chi connectivity index (χ4v) is 2.18. The van der Waals surface area contributed by atoms with Crippen LogP contribution in [0.2, 0.25) is 0 Å². The number of furan rings is 1. The van der Waals surface area contributed by atoms with E-state index in [0.717, 1.165) is 31.8 Å². The van der Waals surface area contributed by atoms with Crippen LogP contribution in [0.4, 0.5) is 5.69 Å². The van der Waals surface area contributed by atoms with Crippen LogP contribution in [0.15, 0.2) is 41.0 Å². The van der Waals surface area contributed by atoms with Gasteiger partial charge in [0.15, 0.2) is 0 Å². The average molecular weight is 258 g/mol. The van der Waals surface area contributed by atoms with E-state index in [4.69, 9.17) is 4.42 Å². The Kier molecular flexibility index (Phi) is 5.04. The molecule has 0 aliphatic carbocycles. The van der Waals surface area contributed by atoms with Crippen molar-refractivity contribution in [1.82, 2.24) is 5.32 Å². The number of rotatable bonds is 7. The lowest BCUT2D eigenvalue weighted by molar-refractivity contribution is 0.486. The fourth-order valence-electron chi connectivity index (χ4n) is 2.18. The molecule has 0 spiro atoms. The molecule has 3 nitrogen and oxygen atoms in total. The van der Waals surface area contributed by atoms with Gasteiger partial charge in [0.25, 0.3) is 0 Å². The third-order valence-corrected chi connectivity index (χ3v) is 3.22. The van der Waals surface area contributed by atoms with Gasteiger partial charge < -0.3 is 15.1 Å². The summed E-state index contributed by atoms with van der Waals surface area (Å²) in [6.45, 7) is 6.95. The Hall–Kier alpha value is -1.74. The topological polar surface area (TPSA) is 37.2 Å². The van der Waals surface area contributed by atoms with Crippen molar-refractivity contribution in [2.75, 3.05) is 18.4 Å². The first-order valence-corrected chi connectivity index (χ1v) is 6.86. The summed E-state index contributed by atoms with van der Waals surface area (Å²) < 4.78 is 5.27. The molecule has 0 amide bonds. The molecule has 0 aliphatic rings. The summed E-state index contributed by atoms with van der Waals surface area (Å²) in [5, 5.41) is 6.88. The van der Waals surface area contributed by atoms with Gasteiger partial charge >= 0.3 is 0 Å². The average Bonchev–Trinajstić information content (AvgIpc) is 2.93. The maximum absolute atomic E-state index is 5.27. The number of benzene rings is 1. The minimum absolute atomic E-state index is 0.781. The van der Waals surface area contributed by atoms with Gasteiger partial charge in [-0.15, -0.1) is 0 Å². The largest absolute Gasteiger partial charge is 0.468 e. The summed E-state index contributed by atoms with van der Waals surface area (Å²) in [5.74, 6) is 0.977. The molecule has 0 fully saturated rings. The van der Waals surface area contributed by atoms with Crippen molar-refractivity contribution in [3.63, 3.8) is 0 Å². The maximum atomic E-state index is 5.27. The molecule has 2 N–H and O–H groups in total. The molecule has 0 saturated heterocycles. The van der Waals surface area contributed by atoms with E-state index < -0.39 is 0 Å². The van der Waals surface area contributed by atoms with Crippen molar-refractivity contribution >= 4 is 5.69 Å². The van der Waals surface area contributed by atoms with Crippen LogP contribution in [0, 0.1) is 6.92 Å². The van der Waals surface area contributed by atoms with E-state index in [1.807, 2.05) is 12.1 Å². The van der Waals surface area contributed by atoms with Gasteiger partial charge in [-0.3, -0.25) is 0 Å². The molecule has 0 unspecified atom stereocenters. The zero-order valence-corrected chi connectivity index (χ0v) is 11.7. The second kappa shape index (κ2) is 7.00. The number of nitrogens with one attached hydrogen (secondary N) is 2. The van der Waals surface area contributed by atoms with Crippen molar-refractivity contribution < 1.29 is 4.42 Å². The van der Waals surface area contributed by atoms with Gasteiger partial charge in [0.1, 0.15) is 5.76 Å². The van der Waals surface area contributed by atoms with Gasteiger partial charge in [0.2, 0.25) is 0 Å². The molecule has 0 saturated carbocycles. The van der Waals surface area contributed by atoms with Gasteiger partial charge in [-0.25, -0.2) is 0 Å². The molecule has 0 atom stereocenters. The first-order valence-electron chi connectivity index (χ1n) is 6.86. The number of para-hydroxylation sites is 1. The van der Waals surface area contributed by atoms with Gasteiger partial charge in [0.05, 0.1) is 12.8 Å². The second-order valence-corrected chi connectivity index (χ2v) is 4.65. The van der Waals surface area contributed by atoms with E-state index in [2.05, 4.69) is 42.7 Å². The maximum Gasteiger partial charge on any atom is 0.117 e. The van der Waals surface area contributed by atoms with E-state index in [1.165, 1.54) is 16.8 Å². The molecule has 0 aliphatic heterocycles. The summed E-state index contributed by atoms with van der Waals surface area (Å²) >= 11 is 0. The minimum atomic E-state index is 0.781. The Labute approximate surface area is 115 Å². The Balaban J connectivity index is 1.76. The molecule has 1 heterocycles. The lowest BCUT2D eigenvalue weighted by Gasteiger charge is -2.14. The van der Waals surface area contributed by atoms with E-state index >= 15 is 0 Å². The Morgan fingerprint density at radius 1 is 1.11 bits per heavy atom. The molecule has 2 rings (SSSR count). The summed E-state index contributed by atoms with van der Waals surface area (Å²) in [6.07, 6.45) is 2.76. The van der Waals surface area contributed by atoms with E-state index in [0.29, 0.717) is 0 Å². The molecule has 1 aromatic heterocycles. The molecule has 0 bridgehead atoms. The van der Waals surface area contributed by atoms with Crippen LogP contribution in [0.3, 0.4) is 0 Å². The lowest BCUT2D eigenvalue weighted by atomic mass is 10.1. The van der Waals surface area contributed by atoms with Crippen LogP contribution in [0.5, 0.6) is 0 Å². The lowest BCUT2D eigenvalue weighted by Crippen LogP contribution is -2.22. The molecular weight excluding hydrogens is 236 g/mol. The standard InChI is InChI=1S/C16H22N2O/c1-3-14-7-4-6-13(2)16(14)18-10-9-17-12-15-8-5-11-19-15/h4-8,11,17-18H,3,9-10,12H2,1-2H3. The molecular formula is C16H22N2O. The number of hydrogen-bond donors (Lipinski definition) is 2. The van der Waals surface area contributed by atoms with Crippen LogP contribution in [0.1, 0.15) is 23.8 Å². The molecule has 3 heteroatoms.